The van der Waals surface area contributed by atoms with Crippen LogP contribution in [-0.4, -0.2) is 35.4 Å². The zero-order valence-electron chi connectivity index (χ0n) is 8.66. The average molecular weight is 217 g/mol. The standard InChI is InChI=1S/C9H19N3OS/c1-2-3-5-12(7-8(10)13)6-4-9(11)14/h2-7H2,1H3,(H2,10,13)(H2,11,14). The van der Waals surface area contributed by atoms with Gasteiger partial charge in [0.15, 0.2) is 0 Å². The summed E-state index contributed by atoms with van der Waals surface area (Å²) in [6.45, 7) is 4.00. The van der Waals surface area contributed by atoms with Crippen LogP contribution in [0.3, 0.4) is 0 Å². The van der Waals surface area contributed by atoms with Gasteiger partial charge in [0.1, 0.15) is 0 Å². The molecular formula is C9H19N3OS. The van der Waals surface area contributed by atoms with Gasteiger partial charge >= 0.3 is 0 Å². The van der Waals surface area contributed by atoms with E-state index in [-0.39, 0.29) is 5.91 Å². The third kappa shape index (κ3) is 7.94. The number of unbranched alkanes of at least 4 members (excludes halogenated alkanes) is 1. The van der Waals surface area contributed by atoms with E-state index in [1.54, 1.807) is 0 Å². The Morgan fingerprint density at radius 3 is 2.43 bits per heavy atom. The van der Waals surface area contributed by atoms with Crippen LogP contribution in [0.5, 0.6) is 0 Å². The molecule has 0 aliphatic rings. The molecule has 0 aromatic heterocycles. The van der Waals surface area contributed by atoms with Crippen molar-refractivity contribution in [2.24, 2.45) is 11.5 Å². The number of nitrogens with zero attached hydrogens (tertiary/aromatic N) is 1. The van der Waals surface area contributed by atoms with E-state index in [0.717, 1.165) is 25.9 Å². The number of thiocarbonyl (C=S) groups is 1. The van der Waals surface area contributed by atoms with Crippen molar-refractivity contribution in [2.75, 3.05) is 19.6 Å². The summed E-state index contributed by atoms with van der Waals surface area (Å²) in [5.74, 6) is -0.302. The van der Waals surface area contributed by atoms with Crippen LogP contribution in [0.1, 0.15) is 26.2 Å². The topological polar surface area (TPSA) is 72.3 Å². The van der Waals surface area contributed by atoms with Crippen molar-refractivity contribution in [3.05, 3.63) is 0 Å². The molecule has 0 saturated carbocycles. The maximum Gasteiger partial charge on any atom is 0.231 e. The summed E-state index contributed by atoms with van der Waals surface area (Å²) < 4.78 is 0. The Bertz CT molecular complexity index is 196. The molecular weight excluding hydrogens is 198 g/mol. The summed E-state index contributed by atoms with van der Waals surface area (Å²) in [6.07, 6.45) is 2.80. The summed E-state index contributed by atoms with van der Waals surface area (Å²) in [6, 6.07) is 0. The van der Waals surface area contributed by atoms with Gasteiger partial charge in [-0.3, -0.25) is 9.69 Å². The van der Waals surface area contributed by atoms with Crippen LogP contribution in [0.25, 0.3) is 0 Å². The number of hydrogen-bond acceptors (Lipinski definition) is 3. The fraction of sp³-hybridized carbons (Fsp3) is 0.778. The van der Waals surface area contributed by atoms with E-state index in [2.05, 4.69) is 6.92 Å². The highest BCUT2D eigenvalue weighted by Gasteiger charge is 2.07. The van der Waals surface area contributed by atoms with Gasteiger partial charge in [-0.25, -0.2) is 0 Å². The van der Waals surface area contributed by atoms with Gasteiger partial charge in [0.2, 0.25) is 5.91 Å². The molecule has 0 aliphatic heterocycles. The Kier molecular flexibility index (Phi) is 7.32. The molecule has 0 rings (SSSR count). The van der Waals surface area contributed by atoms with Gasteiger partial charge in [-0.1, -0.05) is 25.6 Å². The zero-order chi connectivity index (χ0) is 11.0. The van der Waals surface area contributed by atoms with Crippen LogP contribution in [-0.2, 0) is 4.79 Å². The lowest BCUT2D eigenvalue weighted by atomic mass is 10.3. The highest BCUT2D eigenvalue weighted by molar-refractivity contribution is 7.80. The van der Waals surface area contributed by atoms with Crippen molar-refractivity contribution in [3.8, 4) is 0 Å². The molecule has 0 aliphatic carbocycles. The minimum atomic E-state index is -0.302. The van der Waals surface area contributed by atoms with Crippen molar-refractivity contribution in [3.63, 3.8) is 0 Å². The molecule has 0 spiro atoms. The number of carbonyl (C=O) groups excluding carboxylic acids is 1. The number of hydrogen-bond donors (Lipinski definition) is 2. The molecule has 0 radical (unpaired) electrons. The molecule has 0 aromatic carbocycles. The smallest absolute Gasteiger partial charge is 0.231 e. The minimum Gasteiger partial charge on any atom is -0.393 e. The monoisotopic (exact) mass is 217 g/mol. The fourth-order valence-electron chi connectivity index (χ4n) is 1.14. The Hall–Kier alpha value is -0.680. The van der Waals surface area contributed by atoms with E-state index in [4.69, 9.17) is 23.7 Å². The van der Waals surface area contributed by atoms with Crippen molar-refractivity contribution in [1.29, 1.82) is 0 Å². The molecule has 4 nitrogen and oxygen atoms in total. The van der Waals surface area contributed by atoms with Gasteiger partial charge in [0.25, 0.3) is 0 Å². The van der Waals surface area contributed by atoms with Crippen LogP contribution >= 0.6 is 12.2 Å². The van der Waals surface area contributed by atoms with E-state index in [0.29, 0.717) is 18.0 Å². The van der Waals surface area contributed by atoms with Crippen LogP contribution in [0, 0.1) is 0 Å². The lowest BCUT2D eigenvalue weighted by Gasteiger charge is -2.19. The van der Waals surface area contributed by atoms with Crippen molar-refractivity contribution >= 4 is 23.1 Å². The first-order valence-corrected chi connectivity index (χ1v) is 5.26. The molecule has 1 amide bonds. The first kappa shape index (κ1) is 13.3. The second kappa shape index (κ2) is 7.70. The molecule has 0 bridgehead atoms. The quantitative estimate of drug-likeness (QED) is 0.572. The molecule has 14 heavy (non-hydrogen) atoms. The summed E-state index contributed by atoms with van der Waals surface area (Å²) in [5.41, 5.74) is 10.5. The molecule has 0 heterocycles. The minimum absolute atomic E-state index is 0.294. The normalized spacial score (nSPS) is 10.4. The first-order chi connectivity index (χ1) is 6.56. The highest BCUT2D eigenvalue weighted by atomic mass is 32.1. The van der Waals surface area contributed by atoms with Crippen molar-refractivity contribution in [1.82, 2.24) is 4.90 Å². The van der Waals surface area contributed by atoms with Crippen molar-refractivity contribution in [2.45, 2.75) is 26.2 Å². The summed E-state index contributed by atoms with van der Waals surface area (Å²) in [5, 5.41) is 0. The zero-order valence-corrected chi connectivity index (χ0v) is 9.48. The van der Waals surface area contributed by atoms with Crippen molar-refractivity contribution < 1.29 is 4.79 Å². The maximum absolute atomic E-state index is 10.7. The van der Waals surface area contributed by atoms with E-state index >= 15 is 0 Å². The fourth-order valence-corrected chi connectivity index (χ4v) is 1.23. The molecule has 0 saturated heterocycles. The van der Waals surface area contributed by atoms with Gasteiger partial charge in [-0.2, -0.15) is 0 Å². The molecule has 4 N–H and O–H groups in total. The SMILES string of the molecule is CCCCN(CCC(N)=S)CC(N)=O. The van der Waals surface area contributed by atoms with Gasteiger partial charge in [0, 0.05) is 13.0 Å². The van der Waals surface area contributed by atoms with Gasteiger partial charge in [-0.05, 0) is 13.0 Å². The molecule has 82 valence electrons. The predicted octanol–water partition coefficient (Wildman–Crippen LogP) is 0.250. The third-order valence-corrected chi connectivity index (χ3v) is 2.09. The van der Waals surface area contributed by atoms with E-state index < -0.39 is 0 Å². The maximum atomic E-state index is 10.7. The Balaban J connectivity index is 3.83. The Labute approximate surface area is 90.6 Å². The van der Waals surface area contributed by atoms with E-state index in [1.165, 1.54) is 0 Å². The average Bonchev–Trinajstić information content (AvgIpc) is 2.09. The Morgan fingerprint density at radius 1 is 1.36 bits per heavy atom. The number of amides is 1. The number of carbonyl (C=O) groups is 1. The lowest BCUT2D eigenvalue weighted by molar-refractivity contribution is -0.119. The van der Waals surface area contributed by atoms with E-state index in [1.807, 2.05) is 4.90 Å². The van der Waals surface area contributed by atoms with Crippen LogP contribution in [0.2, 0.25) is 0 Å². The third-order valence-electron chi connectivity index (χ3n) is 1.88. The van der Waals surface area contributed by atoms with E-state index in [9.17, 15) is 4.79 Å². The number of rotatable bonds is 8. The first-order valence-electron chi connectivity index (χ1n) is 4.85. The molecule has 0 unspecified atom stereocenters. The molecule has 5 heteroatoms. The lowest BCUT2D eigenvalue weighted by Crippen LogP contribution is -2.36. The van der Waals surface area contributed by atoms with Gasteiger partial charge < -0.3 is 11.5 Å². The highest BCUT2D eigenvalue weighted by Crippen LogP contribution is 1.96. The number of nitrogens with two attached hydrogens (primary N) is 2. The molecule has 0 atom stereocenters. The molecule has 0 fully saturated rings. The van der Waals surface area contributed by atoms with Crippen LogP contribution < -0.4 is 11.5 Å². The second-order valence-corrected chi connectivity index (χ2v) is 3.84. The van der Waals surface area contributed by atoms with Gasteiger partial charge in [0.05, 0.1) is 11.5 Å². The number of primary amides is 1. The predicted molar refractivity (Wildman–Crippen MR) is 61.9 cm³/mol. The summed E-state index contributed by atoms with van der Waals surface area (Å²) >= 11 is 4.77. The second-order valence-electron chi connectivity index (χ2n) is 3.31. The van der Waals surface area contributed by atoms with Crippen LogP contribution in [0.15, 0.2) is 0 Å². The largest absolute Gasteiger partial charge is 0.393 e. The summed E-state index contributed by atoms with van der Waals surface area (Å²) in [7, 11) is 0. The summed E-state index contributed by atoms with van der Waals surface area (Å²) in [4.78, 5) is 13.2. The van der Waals surface area contributed by atoms with Crippen LogP contribution in [0.4, 0.5) is 0 Å². The Morgan fingerprint density at radius 2 is 2.00 bits per heavy atom. The molecule has 0 aromatic rings. The van der Waals surface area contributed by atoms with Gasteiger partial charge in [-0.15, -0.1) is 0 Å².